The molecule has 0 bridgehead atoms. The van der Waals surface area contributed by atoms with Crippen LogP contribution < -0.4 is 4.74 Å². The zero-order valence-electron chi connectivity index (χ0n) is 9.74. The first-order chi connectivity index (χ1) is 8.50. The fourth-order valence-electron chi connectivity index (χ4n) is 1.55. The normalized spacial score (nSPS) is 20.6. The first-order valence-electron chi connectivity index (χ1n) is 5.44. The number of epoxide rings is 1. The van der Waals surface area contributed by atoms with Gasteiger partial charge in [-0.25, -0.2) is 0 Å². The number of rotatable bonds is 5. The molecule has 1 aliphatic heterocycles. The maximum absolute atomic E-state index is 12.9. The Hall–Kier alpha value is -1.27. The van der Waals surface area contributed by atoms with Crippen molar-refractivity contribution < 1.29 is 27.4 Å². The quantitative estimate of drug-likeness (QED) is 0.764. The highest BCUT2D eigenvalue weighted by Crippen LogP contribution is 2.37. The summed E-state index contributed by atoms with van der Waals surface area (Å²) in [4.78, 5) is 0. The van der Waals surface area contributed by atoms with Gasteiger partial charge in [0, 0.05) is 0 Å². The Morgan fingerprint density at radius 2 is 2.17 bits per heavy atom. The zero-order chi connectivity index (χ0) is 13.2. The summed E-state index contributed by atoms with van der Waals surface area (Å²) < 4.78 is 53.4. The van der Waals surface area contributed by atoms with E-state index in [2.05, 4.69) is 0 Å². The van der Waals surface area contributed by atoms with Gasteiger partial charge in [-0.2, -0.15) is 13.2 Å². The Kier molecular flexibility index (Phi) is 3.77. The van der Waals surface area contributed by atoms with Gasteiger partial charge in [-0.1, -0.05) is 12.1 Å². The lowest BCUT2D eigenvalue weighted by molar-refractivity contribution is -0.224. The molecule has 2 atom stereocenters. The van der Waals surface area contributed by atoms with E-state index in [9.17, 15) is 13.2 Å². The van der Waals surface area contributed by atoms with Crippen LogP contribution in [-0.2, 0) is 9.47 Å². The van der Waals surface area contributed by atoms with E-state index < -0.39 is 12.3 Å². The van der Waals surface area contributed by atoms with Crippen molar-refractivity contribution in [2.45, 2.75) is 18.4 Å². The van der Waals surface area contributed by atoms with Crippen molar-refractivity contribution in [1.29, 1.82) is 0 Å². The van der Waals surface area contributed by atoms with Gasteiger partial charge in [0.05, 0.1) is 20.3 Å². The standard InChI is InChI=1S/C12H13F3O3/c1-16-9-4-2-3-8(5-9)11(12(13,14)15)18-7-10-6-17-10/h2-5,10-11H,6-7H2,1H3/t10-,11-/m1/s1. The van der Waals surface area contributed by atoms with Crippen LogP contribution in [0, 0.1) is 0 Å². The van der Waals surface area contributed by atoms with E-state index in [1.165, 1.54) is 25.3 Å². The fraction of sp³-hybridized carbons (Fsp3) is 0.500. The fourth-order valence-corrected chi connectivity index (χ4v) is 1.55. The van der Waals surface area contributed by atoms with Gasteiger partial charge >= 0.3 is 6.18 Å². The molecule has 0 aliphatic carbocycles. The Balaban J connectivity index is 2.14. The van der Waals surface area contributed by atoms with E-state index in [-0.39, 0.29) is 18.3 Å². The lowest BCUT2D eigenvalue weighted by Gasteiger charge is -2.21. The first kappa shape index (κ1) is 13.2. The molecule has 2 rings (SSSR count). The molecule has 0 spiro atoms. The van der Waals surface area contributed by atoms with Crippen molar-refractivity contribution in [3.63, 3.8) is 0 Å². The molecule has 0 N–H and O–H groups in total. The van der Waals surface area contributed by atoms with Gasteiger partial charge in [-0.05, 0) is 17.7 Å². The second-order valence-corrected chi connectivity index (χ2v) is 3.99. The molecule has 0 aromatic heterocycles. The molecule has 1 aromatic carbocycles. The summed E-state index contributed by atoms with van der Waals surface area (Å²) >= 11 is 0. The highest BCUT2D eigenvalue weighted by atomic mass is 19.4. The summed E-state index contributed by atoms with van der Waals surface area (Å²) in [6, 6.07) is 5.78. The summed E-state index contributed by atoms with van der Waals surface area (Å²) in [6.07, 6.45) is -6.61. The average Bonchev–Trinajstić information content (AvgIpc) is 3.12. The Labute approximate surface area is 102 Å². The molecular formula is C12H13F3O3. The minimum atomic E-state index is -4.46. The molecule has 0 amide bonds. The number of hydrogen-bond donors (Lipinski definition) is 0. The van der Waals surface area contributed by atoms with Crippen LogP contribution in [0.25, 0.3) is 0 Å². The first-order valence-corrected chi connectivity index (χ1v) is 5.44. The van der Waals surface area contributed by atoms with Gasteiger partial charge in [0.15, 0.2) is 6.10 Å². The lowest BCUT2D eigenvalue weighted by Crippen LogP contribution is -2.25. The molecule has 18 heavy (non-hydrogen) atoms. The van der Waals surface area contributed by atoms with Crippen molar-refractivity contribution in [2.24, 2.45) is 0 Å². The molecule has 1 fully saturated rings. The smallest absolute Gasteiger partial charge is 0.418 e. The van der Waals surface area contributed by atoms with E-state index in [1.807, 2.05) is 0 Å². The van der Waals surface area contributed by atoms with Gasteiger partial charge in [-0.15, -0.1) is 0 Å². The number of hydrogen-bond acceptors (Lipinski definition) is 3. The van der Waals surface area contributed by atoms with Gasteiger partial charge in [0.1, 0.15) is 11.9 Å². The van der Waals surface area contributed by atoms with Gasteiger partial charge in [-0.3, -0.25) is 0 Å². The third kappa shape index (κ3) is 3.36. The van der Waals surface area contributed by atoms with Gasteiger partial charge < -0.3 is 14.2 Å². The van der Waals surface area contributed by atoms with Gasteiger partial charge in [0.2, 0.25) is 0 Å². The van der Waals surface area contributed by atoms with E-state index in [0.717, 1.165) is 0 Å². The van der Waals surface area contributed by atoms with Crippen LogP contribution in [0.2, 0.25) is 0 Å². The van der Waals surface area contributed by atoms with Crippen molar-refractivity contribution >= 4 is 0 Å². The summed E-state index contributed by atoms with van der Waals surface area (Å²) in [5, 5.41) is 0. The maximum atomic E-state index is 12.9. The lowest BCUT2D eigenvalue weighted by atomic mass is 10.1. The molecule has 100 valence electrons. The molecular weight excluding hydrogens is 249 g/mol. The zero-order valence-corrected chi connectivity index (χ0v) is 9.74. The predicted molar refractivity (Wildman–Crippen MR) is 57.5 cm³/mol. The summed E-state index contributed by atoms with van der Waals surface area (Å²) in [6.45, 7) is 0.407. The topological polar surface area (TPSA) is 31.0 Å². The van der Waals surface area contributed by atoms with E-state index in [4.69, 9.17) is 14.2 Å². The number of halogens is 3. The second kappa shape index (κ2) is 5.16. The van der Waals surface area contributed by atoms with Gasteiger partial charge in [0.25, 0.3) is 0 Å². The van der Waals surface area contributed by atoms with Crippen molar-refractivity contribution in [3.05, 3.63) is 29.8 Å². The van der Waals surface area contributed by atoms with Crippen LogP contribution >= 0.6 is 0 Å². The SMILES string of the molecule is COc1cccc([C@@H](OC[C@H]2CO2)C(F)(F)F)c1. The Morgan fingerprint density at radius 1 is 1.44 bits per heavy atom. The average molecular weight is 262 g/mol. The van der Waals surface area contributed by atoms with Crippen LogP contribution in [0.15, 0.2) is 24.3 Å². The van der Waals surface area contributed by atoms with E-state index in [1.54, 1.807) is 6.07 Å². The molecule has 3 nitrogen and oxygen atoms in total. The van der Waals surface area contributed by atoms with Crippen LogP contribution in [0.5, 0.6) is 5.75 Å². The minimum absolute atomic E-state index is 0.0301. The number of benzene rings is 1. The molecule has 0 unspecified atom stereocenters. The molecule has 1 aliphatic rings. The van der Waals surface area contributed by atoms with Crippen molar-refractivity contribution in [2.75, 3.05) is 20.3 Å². The second-order valence-electron chi connectivity index (χ2n) is 3.99. The minimum Gasteiger partial charge on any atom is -0.497 e. The van der Waals surface area contributed by atoms with Crippen LogP contribution in [0.3, 0.4) is 0 Å². The third-order valence-corrected chi connectivity index (χ3v) is 2.54. The Morgan fingerprint density at radius 3 is 2.72 bits per heavy atom. The summed E-state index contributed by atoms with van der Waals surface area (Å²) in [5.74, 6) is 0.369. The van der Waals surface area contributed by atoms with Crippen LogP contribution in [0.1, 0.15) is 11.7 Å². The van der Waals surface area contributed by atoms with Crippen molar-refractivity contribution in [3.8, 4) is 5.75 Å². The maximum Gasteiger partial charge on any atom is 0.418 e. The predicted octanol–water partition coefficient (Wildman–Crippen LogP) is 2.71. The number of methoxy groups -OCH3 is 1. The van der Waals surface area contributed by atoms with E-state index in [0.29, 0.717) is 12.4 Å². The van der Waals surface area contributed by atoms with Crippen LogP contribution in [0.4, 0.5) is 13.2 Å². The highest BCUT2D eigenvalue weighted by molar-refractivity contribution is 5.30. The number of ether oxygens (including phenoxy) is 3. The summed E-state index contributed by atoms with van der Waals surface area (Å²) in [7, 11) is 1.40. The molecule has 0 saturated carbocycles. The summed E-state index contributed by atoms with van der Waals surface area (Å²) in [5.41, 5.74) is 0.0301. The number of alkyl halides is 3. The third-order valence-electron chi connectivity index (χ3n) is 2.54. The Bertz CT molecular complexity index is 402. The largest absolute Gasteiger partial charge is 0.497 e. The molecule has 1 saturated heterocycles. The highest BCUT2D eigenvalue weighted by Gasteiger charge is 2.43. The molecule has 6 heteroatoms. The monoisotopic (exact) mass is 262 g/mol. The molecule has 1 aromatic rings. The van der Waals surface area contributed by atoms with Crippen LogP contribution in [-0.4, -0.2) is 32.6 Å². The van der Waals surface area contributed by atoms with E-state index >= 15 is 0 Å². The van der Waals surface area contributed by atoms with Crippen molar-refractivity contribution in [1.82, 2.24) is 0 Å². The molecule has 0 radical (unpaired) electrons. The molecule has 1 heterocycles.